The molecule has 24 heavy (non-hydrogen) atoms. The van der Waals surface area contributed by atoms with Crippen molar-refractivity contribution in [3.8, 4) is 0 Å². The number of hydrogen-bond donors (Lipinski definition) is 1. The topological polar surface area (TPSA) is 55.4 Å². The zero-order chi connectivity index (χ0) is 17.7. The Morgan fingerprint density at radius 3 is 2.46 bits per heavy atom. The third-order valence-corrected chi connectivity index (χ3v) is 3.78. The van der Waals surface area contributed by atoms with Gasteiger partial charge in [-0.1, -0.05) is 49.7 Å². The molecule has 0 atom stereocenters. The maximum absolute atomic E-state index is 12.2. The van der Waals surface area contributed by atoms with E-state index in [2.05, 4.69) is 19.2 Å². The van der Waals surface area contributed by atoms with Crippen LogP contribution in [0.25, 0.3) is 0 Å². The largest absolute Gasteiger partial charge is 0.452 e. The lowest BCUT2D eigenvalue weighted by Gasteiger charge is -2.16. The van der Waals surface area contributed by atoms with Gasteiger partial charge in [0, 0.05) is 5.69 Å². The summed E-state index contributed by atoms with van der Waals surface area (Å²) in [6.07, 6.45) is 0. The van der Waals surface area contributed by atoms with Gasteiger partial charge >= 0.3 is 5.97 Å². The van der Waals surface area contributed by atoms with Crippen LogP contribution in [0, 0.1) is 13.8 Å². The number of para-hydroxylation sites is 1. The number of carbonyl (C=O) groups excluding carboxylic acids is 2. The third kappa shape index (κ3) is 4.44. The van der Waals surface area contributed by atoms with Gasteiger partial charge in [0.15, 0.2) is 6.61 Å². The van der Waals surface area contributed by atoms with E-state index in [1.54, 1.807) is 18.2 Å². The number of amides is 1. The van der Waals surface area contributed by atoms with Crippen molar-refractivity contribution in [1.82, 2.24) is 0 Å². The Kier molecular flexibility index (Phi) is 5.74. The van der Waals surface area contributed by atoms with E-state index in [1.165, 1.54) is 0 Å². The molecule has 2 aromatic carbocycles. The maximum atomic E-state index is 12.2. The zero-order valence-electron chi connectivity index (χ0n) is 14.6. The van der Waals surface area contributed by atoms with Gasteiger partial charge in [0.1, 0.15) is 0 Å². The molecule has 2 aromatic rings. The first-order valence-corrected chi connectivity index (χ1v) is 8.01. The number of nitrogens with one attached hydrogen (secondary N) is 1. The van der Waals surface area contributed by atoms with Gasteiger partial charge in [0.2, 0.25) is 0 Å². The normalized spacial score (nSPS) is 10.5. The summed E-state index contributed by atoms with van der Waals surface area (Å²) in [6, 6.07) is 13.0. The van der Waals surface area contributed by atoms with Crippen molar-refractivity contribution >= 4 is 17.6 Å². The smallest absolute Gasteiger partial charge is 0.338 e. The number of anilines is 1. The highest BCUT2D eigenvalue weighted by Crippen LogP contribution is 2.27. The molecule has 0 aliphatic heterocycles. The average Bonchev–Trinajstić information content (AvgIpc) is 2.54. The Bertz CT molecular complexity index is 750. The molecule has 0 spiro atoms. The van der Waals surface area contributed by atoms with E-state index in [4.69, 9.17) is 4.74 Å². The van der Waals surface area contributed by atoms with Gasteiger partial charge < -0.3 is 10.1 Å². The Labute approximate surface area is 142 Å². The highest BCUT2D eigenvalue weighted by atomic mass is 16.5. The summed E-state index contributed by atoms with van der Waals surface area (Å²) in [7, 11) is 0. The molecule has 0 bridgehead atoms. The first-order valence-electron chi connectivity index (χ1n) is 8.01. The van der Waals surface area contributed by atoms with E-state index in [9.17, 15) is 9.59 Å². The number of rotatable bonds is 5. The monoisotopic (exact) mass is 325 g/mol. The zero-order valence-corrected chi connectivity index (χ0v) is 14.6. The first-order chi connectivity index (χ1) is 11.4. The number of benzene rings is 2. The Morgan fingerprint density at radius 1 is 1.08 bits per heavy atom. The number of esters is 1. The van der Waals surface area contributed by atoms with Gasteiger partial charge in [-0.15, -0.1) is 0 Å². The highest BCUT2D eigenvalue weighted by molar-refractivity contribution is 5.96. The van der Waals surface area contributed by atoms with Crippen molar-refractivity contribution in [1.29, 1.82) is 0 Å². The van der Waals surface area contributed by atoms with Crippen molar-refractivity contribution in [3.63, 3.8) is 0 Å². The molecule has 1 N–H and O–H groups in total. The summed E-state index contributed by atoms with van der Waals surface area (Å²) >= 11 is 0. The summed E-state index contributed by atoms with van der Waals surface area (Å²) in [5, 5.41) is 2.86. The van der Waals surface area contributed by atoms with Crippen molar-refractivity contribution in [2.24, 2.45) is 0 Å². The van der Waals surface area contributed by atoms with Crippen LogP contribution in [-0.2, 0) is 9.53 Å². The fourth-order valence-corrected chi connectivity index (χ4v) is 2.50. The third-order valence-electron chi connectivity index (χ3n) is 3.78. The van der Waals surface area contributed by atoms with Crippen LogP contribution >= 0.6 is 0 Å². The van der Waals surface area contributed by atoms with Gasteiger partial charge in [-0.05, 0) is 43.0 Å². The van der Waals surface area contributed by atoms with E-state index in [1.807, 2.05) is 38.1 Å². The van der Waals surface area contributed by atoms with Crippen molar-refractivity contribution in [2.75, 3.05) is 11.9 Å². The van der Waals surface area contributed by atoms with Gasteiger partial charge in [-0.3, -0.25) is 4.79 Å². The number of ether oxygens (including phenoxy) is 1. The Hall–Kier alpha value is -2.62. The van der Waals surface area contributed by atoms with E-state index >= 15 is 0 Å². The molecule has 0 saturated carbocycles. The Morgan fingerprint density at radius 2 is 1.79 bits per heavy atom. The minimum atomic E-state index is -0.497. The summed E-state index contributed by atoms with van der Waals surface area (Å²) in [4.78, 5) is 24.1. The van der Waals surface area contributed by atoms with Crippen LogP contribution < -0.4 is 5.32 Å². The van der Waals surface area contributed by atoms with Crippen molar-refractivity contribution < 1.29 is 14.3 Å². The fraction of sp³-hybridized carbons (Fsp3) is 0.300. The molecule has 0 radical (unpaired) electrons. The summed E-state index contributed by atoms with van der Waals surface area (Å²) in [5.74, 6) is -0.551. The standard InChI is InChI=1S/C20H23NO3/c1-13(2)17-10-6-8-15(4)19(17)21-18(22)12-24-20(23)16-9-5-7-14(3)11-16/h5-11,13H,12H2,1-4H3,(H,21,22). The molecule has 0 unspecified atom stereocenters. The van der Waals surface area contributed by atoms with Crippen molar-refractivity contribution in [3.05, 3.63) is 64.7 Å². The fourth-order valence-electron chi connectivity index (χ4n) is 2.50. The van der Waals surface area contributed by atoms with Crippen LogP contribution in [0.5, 0.6) is 0 Å². The molecule has 0 aliphatic carbocycles. The molecule has 0 saturated heterocycles. The van der Waals surface area contributed by atoms with E-state index in [-0.39, 0.29) is 18.4 Å². The molecular weight excluding hydrogens is 302 g/mol. The molecule has 1 amide bonds. The van der Waals surface area contributed by atoms with E-state index in [0.29, 0.717) is 5.56 Å². The second kappa shape index (κ2) is 7.77. The summed E-state index contributed by atoms with van der Waals surface area (Å²) in [5.41, 5.74) is 4.26. The first kappa shape index (κ1) is 17.7. The minimum absolute atomic E-state index is 0.287. The number of aryl methyl sites for hydroxylation is 2. The molecular formula is C20H23NO3. The van der Waals surface area contributed by atoms with E-state index < -0.39 is 5.97 Å². The highest BCUT2D eigenvalue weighted by Gasteiger charge is 2.14. The predicted octanol–water partition coefficient (Wildman–Crippen LogP) is 4.22. The second-order valence-electron chi connectivity index (χ2n) is 6.19. The van der Waals surface area contributed by atoms with Crippen LogP contribution in [0.15, 0.2) is 42.5 Å². The Balaban J connectivity index is 2.01. The lowest BCUT2D eigenvalue weighted by molar-refractivity contribution is -0.119. The minimum Gasteiger partial charge on any atom is -0.452 e. The molecule has 0 aromatic heterocycles. The van der Waals surface area contributed by atoms with Gasteiger partial charge in [0.25, 0.3) is 5.91 Å². The van der Waals surface area contributed by atoms with Gasteiger partial charge in [-0.2, -0.15) is 0 Å². The van der Waals surface area contributed by atoms with Gasteiger partial charge in [-0.25, -0.2) is 4.79 Å². The number of hydrogen-bond acceptors (Lipinski definition) is 3. The van der Waals surface area contributed by atoms with Crippen molar-refractivity contribution in [2.45, 2.75) is 33.6 Å². The average molecular weight is 325 g/mol. The molecule has 0 aliphatic rings. The quantitative estimate of drug-likeness (QED) is 0.837. The SMILES string of the molecule is Cc1cccc(C(=O)OCC(=O)Nc2c(C)cccc2C(C)C)c1. The lowest BCUT2D eigenvalue weighted by Crippen LogP contribution is -2.22. The molecule has 2 rings (SSSR count). The summed E-state index contributed by atoms with van der Waals surface area (Å²) in [6.45, 7) is 7.68. The van der Waals surface area contributed by atoms with Gasteiger partial charge in [0.05, 0.1) is 5.56 Å². The lowest BCUT2D eigenvalue weighted by atomic mass is 9.98. The molecule has 126 valence electrons. The molecule has 0 heterocycles. The van der Waals surface area contributed by atoms with E-state index in [0.717, 1.165) is 22.4 Å². The summed E-state index contributed by atoms with van der Waals surface area (Å²) < 4.78 is 5.11. The van der Waals surface area contributed by atoms with Crippen LogP contribution in [-0.4, -0.2) is 18.5 Å². The number of carbonyl (C=O) groups is 2. The maximum Gasteiger partial charge on any atom is 0.338 e. The predicted molar refractivity (Wildman–Crippen MR) is 95.4 cm³/mol. The van der Waals surface area contributed by atoms with Crippen LogP contribution in [0.2, 0.25) is 0 Å². The van der Waals surface area contributed by atoms with Crippen LogP contribution in [0.4, 0.5) is 5.69 Å². The van der Waals surface area contributed by atoms with Crippen LogP contribution in [0.1, 0.15) is 46.8 Å². The van der Waals surface area contributed by atoms with Crippen LogP contribution in [0.3, 0.4) is 0 Å². The molecule has 0 fully saturated rings. The molecule has 4 nitrogen and oxygen atoms in total. The molecule has 4 heteroatoms. The second-order valence-corrected chi connectivity index (χ2v) is 6.19.